The molecule has 0 radical (unpaired) electrons. The van der Waals surface area contributed by atoms with Gasteiger partial charge in [-0.2, -0.15) is 0 Å². The van der Waals surface area contributed by atoms with E-state index in [1.165, 1.54) is 55.3 Å². The molecule has 1 heterocycles. The van der Waals surface area contributed by atoms with Crippen molar-refractivity contribution >= 4 is 54.3 Å². The normalized spacial score (nSPS) is 14.7. The maximum Gasteiger partial charge on any atom is 0.135 e. The van der Waals surface area contributed by atoms with Gasteiger partial charge in [0.2, 0.25) is 0 Å². The number of hydrogen-bond acceptors (Lipinski definition) is 1. The highest BCUT2D eigenvalue weighted by Crippen LogP contribution is 2.54. The van der Waals surface area contributed by atoms with Crippen molar-refractivity contribution in [2.24, 2.45) is 0 Å². The van der Waals surface area contributed by atoms with Crippen molar-refractivity contribution in [1.29, 1.82) is 0 Å². The molecule has 0 unspecified atom stereocenters. The van der Waals surface area contributed by atoms with Crippen molar-refractivity contribution in [2.75, 3.05) is 0 Å². The lowest BCUT2D eigenvalue weighted by molar-refractivity contribution is 0.669. The standard InChI is InChI=1S/C33H18O/c1-2-4-26-22(3-1)24-13-16(9-10-27(24)34-26)23-15-21-12-19-6-5-17-11-18-7-8-20-14-25(23)33-31(20)29(18)28(17)30(19)32(21)33/h1-10,13,15H,11-12,14H2. The molecular weight excluding hydrogens is 412 g/mol. The van der Waals surface area contributed by atoms with Crippen LogP contribution in [0.1, 0.15) is 33.4 Å². The first-order valence-corrected chi connectivity index (χ1v) is 12.2. The molecule has 3 aliphatic rings. The Balaban J connectivity index is 1.38. The first kappa shape index (κ1) is 16.5. The summed E-state index contributed by atoms with van der Waals surface area (Å²) in [5, 5.41) is 11.7. The third-order valence-corrected chi connectivity index (χ3v) is 8.84. The van der Waals surface area contributed by atoms with Crippen molar-refractivity contribution in [2.45, 2.75) is 19.3 Å². The van der Waals surface area contributed by atoms with Gasteiger partial charge in [0.1, 0.15) is 11.2 Å². The van der Waals surface area contributed by atoms with Gasteiger partial charge in [-0.05, 0) is 120 Å². The zero-order valence-corrected chi connectivity index (χ0v) is 18.5. The summed E-state index contributed by atoms with van der Waals surface area (Å²) in [7, 11) is 0. The molecular formula is C33H18O. The lowest BCUT2D eigenvalue weighted by atomic mass is 9.90. The highest BCUT2D eigenvalue weighted by Gasteiger charge is 2.32. The predicted octanol–water partition coefficient (Wildman–Crippen LogP) is 8.43. The van der Waals surface area contributed by atoms with Gasteiger partial charge in [0, 0.05) is 10.8 Å². The van der Waals surface area contributed by atoms with Crippen LogP contribution in [0.2, 0.25) is 0 Å². The van der Waals surface area contributed by atoms with Gasteiger partial charge in [-0.25, -0.2) is 0 Å². The van der Waals surface area contributed by atoms with Crippen molar-refractivity contribution in [3.63, 3.8) is 0 Å². The van der Waals surface area contributed by atoms with Gasteiger partial charge in [-0.1, -0.05) is 48.5 Å². The van der Waals surface area contributed by atoms with Crippen molar-refractivity contribution in [1.82, 2.24) is 0 Å². The molecule has 0 bridgehead atoms. The van der Waals surface area contributed by atoms with E-state index in [-0.39, 0.29) is 0 Å². The first-order valence-electron chi connectivity index (χ1n) is 12.2. The van der Waals surface area contributed by atoms with E-state index in [0.717, 1.165) is 30.4 Å². The maximum atomic E-state index is 6.13. The molecule has 3 aliphatic carbocycles. The van der Waals surface area contributed by atoms with E-state index in [1.54, 1.807) is 32.3 Å². The number of hydrogen-bond donors (Lipinski definition) is 0. The third kappa shape index (κ3) is 1.67. The predicted molar refractivity (Wildman–Crippen MR) is 140 cm³/mol. The van der Waals surface area contributed by atoms with E-state index >= 15 is 0 Å². The number of fused-ring (bicyclic) bond motifs is 3. The minimum absolute atomic E-state index is 0.963. The molecule has 0 saturated heterocycles. The van der Waals surface area contributed by atoms with Crippen LogP contribution in [0.5, 0.6) is 0 Å². The zero-order valence-electron chi connectivity index (χ0n) is 18.5. The first-order chi connectivity index (χ1) is 16.8. The summed E-state index contributed by atoms with van der Waals surface area (Å²) in [6.07, 6.45) is 3.16. The fourth-order valence-corrected chi connectivity index (χ4v) is 7.53. The average molecular weight is 431 g/mol. The molecule has 10 rings (SSSR count). The van der Waals surface area contributed by atoms with Crippen molar-refractivity contribution < 1.29 is 4.42 Å². The van der Waals surface area contributed by atoms with Gasteiger partial charge < -0.3 is 4.42 Å². The van der Waals surface area contributed by atoms with Crippen LogP contribution in [0.15, 0.2) is 77.2 Å². The van der Waals surface area contributed by atoms with Crippen molar-refractivity contribution in [3.05, 3.63) is 106 Å². The summed E-state index contributed by atoms with van der Waals surface area (Å²) in [6, 6.07) is 27.3. The Morgan fingerprint density at radius 1 is 0.471 bits per heavy atom. The Bertz CT molecular complexity index is 2100. The van der Waals surface area contributed by atoms with Gasteiger partial charge in [0.25, 0.3) is 0 Å². The fraction of sp³-hybridized carbons (Fsp3) is 0.0909. The van der Waals surface area contributed by atoms with Crippen LogP contribution >= 0.6 is 0 Å². The van der Waals surface area contributed by atoms with E-state index in [1.807, 2.05) is 6.07 Å². The molecule has 156 valence electrons. The lowest BCUT2D eigenvalue weighted by Crippen LogP contribution is -1.91. The number of rotatable bonds is 1. The van der Waals surface area contributed by atoms with Gasteiger partial charge in [-0.3, -0.25) is 0 Å². The molecule has 0 atom stereocenters. The minimum atomic E-state index is 0.963. The Labute approximate surface area is 195 Å². The van der Waals surface area contributed by atoms with Crippen LogP contribution in [-0.2, 0) is 19.3 Å². The topological polar surface area (TPSA) is 13.1 Å². The quantitative estimate of drug-likeness (QED) is 0.238. The second kappa shape index (κ2) is 5.18. The Morgan fingerprint density at radius 3 is 1.88 bits per heavy atom. The van der Waals surface area contributed by atoms with E-state index in [9.17, 15) is 0 Å². The summed E-state index contributed by atoms with van der Waals surface area (Å²) in [4.78, 5) is 0. The van der Waals surface area contributed by atoms with Crippen LogP contribution in [-0.4, -0.2) is 0 Å². The Morgan fingerprint density at radius 2 is 1.09 bits per heavy atom. The summed E-state index contributed by atoms with van der Waals surface area (Å²) in [5.41, 5.74) is 13.7. The second-order valence-electron chi connectivity index (χ2n) is 10.4. The minimum Gasteiger partial charge on any atom is -0.456 e. The number of para-hydroxylation sites is 1. The van der Waals surface area contributed by atoms with Gasteiger partial charge in [0.05, 0.1) is 0 Å². The zero-order chi connectivity index (χ0) is 21.7. The molecule has 0 saturated carbocycles. The molecule has 6 aromatic carbocycles. The molecule has 0 aliphatic heterocycles. The van der Waals surface area contributed by atoms with Crippen LogP contribution < -0.4 is 0 Å². The number of benzene rings is 6. The summed E-state index contributed by atoms with van der Waals surface area (Å²) in [6.45, 7) is 0. The molecule has 0 fully saturated rings. The maximum absolute atomic E-state index is 6.13. The van der Waals surface area contributed by atoms with E-state index in [4.69, 9.17) is 4.42 Å². The molecule has 0 N–H and O–H groups in total. The summed E-state index contributed by atoms with van der Waals surface area (Å²) >= 11 is 0. The monoisotopic (exact) mass is 430 g/mol. The second-order valence-corrected chi connectivity index (χ2v) is 10.4. The van der Waals surface area contributed by atoms with Crippen molar-refractivity contribution in [3.8, 4) is 11.1 Å². The molecule has 0 amide bonds. The number of furan rings is 1. The Kier molecular flexibility index (Phi) is 2.51. The highest BCUT2D eigenvalue weighted by molar-refractivity contribution is 6.34. The highest BCUT2D eigenvalue weighted by atomic mass is 16.3. The molecule has 0 spiro atoms. The molecule has 1 aromatic heterocycles. The van der Waals surface area contributed by atoms with Crippen LogP contribution in [0.25, 0.3) is 65.4 Å². The largest absolute Gasteiger partial charge is 0.456 e. The van der Waals surface area contributed by atoms with Gasteiger partial charge in [0.15, 0.2) is 0 Å². The molecule has 7 aromatic rings. The smallest absolute Gasteiger partial charge is 0.135 e. The van der Waals surface area contributed by atoms with Gasteiger partial charge in [-0.15, -0.1) is 0 Å². The van der Waals surface area contributed by atoms with E-state index in [0.29, 0.717) is 0 Å². The molecule has 1 heteroatoms. The van der Waals surface area contributed by atoms with E-state index < -0.39 is 0 Å². The van der Waals surface area contributed by atoms with Crippen LogP contribution in [0, 0.1) is 0 Å². The van der Waals surface area contributed by atoms with E-state index in [2.05, 4.69) is 66.7 Å². The Hall–Kier alpha value is -4.10. The fourth-order valence-electron chi connectivity index (χ4n) is 7.53. The molecule has 34 heavy (non-hydrogen) atoms. The summed E-state index contributed by atoms with van der Waals surface area (Å²) in [5.74, 6) is 0. The molecule has 1 nitrogen and oxygen atoms in total. The van der Waals surface area contributed by atoms with Crippen LogP contribution in [0.4, 0.5) is 0 Å². The summed E-state index contributed by atoms with van der Waals surface area (Å²) < 4.78 is 6.13. The van der Waals surface area contributed by atoms with Crippen LogP contribution in [0.3, 0.4) is 0 Å². The van der Waals surface area contributed by atoms with Gasteiger partial charge >= 0.3 is 0 Å². The lowest BCUT2D eigenvalue weighted by Gasteiger charge is -2.13. The SMILES string of the molecule is c1ccc2c(c1)oc1ccc(-c3cc4c5c6c(ccc7c6c6c(ccc8c6c5c3C8)C7)C4)cc12. The third-order valence-electron chi connectivity index (χ3n) is 8.84. The average Bonchev–Trinajstić information content (AvgIpc) is 3.61.